The Bertz CT molecular complexity index is 433. The first kappa shape index (κ1) is 13.9. The first-order valence-electron chi connectivity index (χ1n) is 6.03. The second-order valence-electron chi connectivity index (χ2n) is 4.46. The molecule has 1 aliphatic rings. The monoisotopic (exact) mass is 328 g/mol. The van der Waals surface area contributed by atoms with E-state index in [4.69, 9.17) is 0 Å². The van der Waals surface area contributed by atoms with Gasteiger partial charge in [0.1, 0.15) is 0 Å². The third-order valence-corrected chi connectivity index (χ3v) is 4.82. The molecule has 0 radical (unpaired) electrons. The third-order valence-electron chi connectivity index (χ3n) is 2.86. The summed E-state index contributed by atoms with van der Waals surface area (Å²) in [5, 5.41) is 6.82. The molecular weight excluding hydrogens is 312 g/mol. The van der Waals surface area contributed by atoms with Crippen molar-refractivity contribution in [2.75, 3.05) is 24.2 Å². The lowest BCUT2D eigenvalue weighted by atomic mass is 10.2. The second kappa shape index (κ2) is 6.59. The minimum Gasteiger partial charge on any atom is -0.324 e. The zero-order valence-corrected chi connectivity index (χ0v) is 12.7. The normalized spacial score (nSPS) is 18.9. The molecule has 1 aromatic rings. The van der Waals surface area contributed by atoms with Crippen molar-refractivity contribution in [2.45, 2.75) is 18.6 Å². The quantitative estimate of drug-likeness (QED) is 0.892. The van der Waals surface area contributed by atoms with E-state index in [0.717, 1.165) is 29.7 Å². The number of hydrogen-bond donors (Lipinski definition) is 2. The summed E-state index contributed by atoms with van der Waals surface area (Å²) >= 11 is 5.19. The first-order chi connectivity index (χ1) is 8.65. The Hall–Kier alpha value is -0.520. The van der Waals surface area contributed by atoms with E-state index in [-0.39, 0.29) is 5.91 Å². The Kier molecular flexibility index (Phi) is 5.09. The van der Waals surface area contributed by atoms with Crippen LogP contribution in [0, 0.1) is 6.92 Å². The van der Waals surface area contributed by atoms with Crippen LogP contribution in [0.25, 0.3) is 0 Å². The van der Waals surface area contributed by atoms with Crippen LogP contribution in [-0.2, 0) is 4.79 Å². The SMILES string of the molecule is Cc1ccc(NC(=O)CSC2CCNC2)c(Br)c1. The highest BCUT2D eigenvalue weighted by Gasteiger charge is 2.16. The second-order valence-corrected chi connectivity index (χ2v) is 6.60. The fourth-order valence-electron chi connectivity index (χ4n) is 1.87. The minimum absolute atomic E-state index is 0.0662. The largest absolute Gasteiger partial charge is 0.324 e. The van der Waals surface area contributed by atoms with Crippen molar-refractivity contribution in [2.24, 2.45) is 0 Å². The summed E-state index contributed by atoms with van der Waals surface area (Å²) in [5.41, 5.74) is 2.02. The molecule has 1 fully saturated rings. The van der Waals surface area contributed by atoms with E-state index in [0.29, 0.717) is 11.0 Å². The van der Waals surface area contributed by atoms with Crippen LogP contribution in [0.15, 0.2) is 22.7 Å². The molecule has 2 rings (SSSR count). The number of halogens is 1. The summed E-state index contributed by atoms with van der Waals surface area (Å²) in [4.78, 5) is 11.8. The number of rotatable bonds is 4. The van der Waals surface area contributed by atoms with Gasteiger partial charge in [0.2, 0.25) is 5.91 Å². The highest BCUT2D eigenvalue weighted by atomic mass is 79.9. The third kappa shape index (κ3) is 4.00. The van der Waals surface area contributed by atoms with E-state index in [1.807, 2.05) is 25.1 Å². The zero-order chi connectivity index (χ0) is 13.0. The number of thioether (sulfide) groups is 1. The topological polar surface area (TPSA) is 41.1 Å². The minimum atomic E-state index is 0.0662. The molecule has 0 aromatic heterocycles. The summed E-state index contributed by atoms with van der Waals surface area (Å²) in [6.45, 7) is 4.12. The highest BCUT2D eigenvalue weighted by molar-refractivity contribution is 9.10. The van der Waals surface area contributed by atoms with Gasteiger partial charge in [-0.3, -0.25) is 4.79 Å². The van der Waals surface area contributed by atoms with Crippen LogP contribution >= 0.6 is 27.7 Å². The Morgan fingerprint density at radius 3 is 3.11 bits per heavy atom. The van der Waals surface area contributed by atoms with Crippen LogP contribution in [-0.4, -0.2) is 30.0 Å². The zero-order valence-electron chi connectivity index (χ0n) is 10.3. The summed E-state index contributed by atoms with van der Waals surface area (Å²) < 4.78 is 0.934. The lowest BCUT2D eigenvalue weighted by Gasteiger charge is -2.10. The van der Waals surface area contributed by atoms with Gasteiger partial charge in [0.05, 0.1) is 11.4 Å². The van der Waals surface area contributed by atoms with Crippen molar-refractivity contribution in [3.8, 4) is 0 Å². The van der Waals surface area contributed by atoms with Gasteiger partial charge in [0.15, 0.2) is 0 Å². The highest BCUT2D eigenvalue weighted by Crippen LogP contribution is 2.24. The van der Waals surface area contributed by atoms with Gasteiger partial charge in [-0.2, -0.15) is 0 Å². The molecule has 0 bridgehead atoms. The molecule has 2 N–H and O–H groups in total. The molecule has 1 amide bonds. The van der Waals surface area contributed by atoms with Crippen LogP contribution in [0.3, 0.4) is 0 Å². The van der Waals surface area contributed by atoms with Gasteiger partial charge >= 0.3 is 0 Å². The lowest BCUT2D eigenvalue weighted by molar-refractivity contribution is -0.113. The van der Waals surface area contributed by atoms with Crippen molar-refractivity contribution in [3.05, 3.63) is 28.2 Å². The van der Waals surface area contributed by atoms with E-state index in [2.05, 4.69) is 26.6 Å². The molecule has 1 saturated heterocycles. The summed E-state index contributed by atoms with van der Waals surface area (Å²) in [6, 6.07) is 5.93. The van der Waals surface area contributed by atoms with Gasteiger partial charge in [-0.25, -0.2) is 0 Å². The van der Waals surface area contributed by atoms with Crippen molar-refractivity contribution < 1.29 is 4.79 Å². The van der Waals surface area contributed by atoms with Gasteiger partial charge in [0, 0.05) is 16.3 Å². The number of amides is 1. The lowest BCUT2D eigenvalue weighted by Crippen LogP contribution is -2.18. The smallest absolute Gasteiger partial charge is 0.234 e. The van der Waals surface area contributed by atoms with Crippen molar-refractivity contribution in [1.82, 2.24) is 5.32 Å². The number of anilines is 1. The molecule has 1 atom stereocenters. The van der Waals surface area contributed by atoms with E-state index in [9.17, 15) is 4.79 Å². The number of aryl methyl sites for hydroxylation is 1. The van der Waals surface area contributed by atoms with Gasteiger partial charge in [0.25, 0.3) is 0 Å². The van der Waals surface area contributed by atoms with Crippen molar-refractivity contribution in [3.63, 3.8) is 0 Å². The van der Waals surface area contributed by atoms with Crippen molar-refractivity contribution in [1.29, 1.82) is 0 Å². The first-order valence-corrected chi connectivity index (χ1v) is 7.87. The average molecular weight is 329 g/mol. The van der Waals surface area contributed by atoms with E-state index in [1.165, 1.54) is 5.56 Å². The molecule has 1 unspecified atom stereocenters. The van der Waals surface area contributed by atoms with Crippen LogP contribution in [0.2, 0.25) is 0 Å². The fourth-order valence-corrected chi connectivity index (χ4v) is 3.44. The Morgan fingerprint density at radius 1 is 1.61 bits per heavy atom. The van der Waals surface area contributed by atoms with Crippen molar-refractivity contribution >= 4 is 39.3 Å². The van der Waals surface area contributed by atoms with Crippen LogP contribution in [0.4, 0.5) is 5.69 Å². The summed E-state index contributed by atoms with van der Waals surface area (Å²) in [7, 11) is 0. The average Bonchev–Trinajstić information content (AvgIpc) is 2.83. The summed E-state index contributed by atoms with van der Waals surface area (Å²) in [5.74, 6) is 0.587. The fraction of sp³-hybridized carbons (Fsp3) is 0.462. The van der Waals surface area contributed by atoms with E-state index in [1.54, 1.807) is 11.8 Å². The number of carbonyl (C=O) groups is 1. The van der Waals surface area contributed by atoms with E-state index < -0.39 is 0 Å². The molecule has 98 valence electrons. The Morgan fingerprint density at radius 2 is 2.44 bits per heavy atom. The predicted molar refractivity (Wildman–Crippen MR) is 81.2 cm³/mol. The molecule has 1 aliphatic heterocycles. The molecule has 3 nitrogen and oxygen atoms in total. The number of benzene rings is 1. The summed E-state index contributed by atoms with van der Waals surface area (Å²) in [6.07, 6.45) is 1.16. The molecule has 1 heterocycles. The molecule has 18 heavy (non-hydrogen) atoms. The van der Waals surface area contributed by atoms with E-state index >= 15 is 0 Å². The molecular formula is C13H17BrN2OS. The van der Waals surface area contributed by atoms with Gasteiger partial charge in [-0.1, -0.05) is 6.07 Å². The Balaban J connectivity index is 1.82. The van der Waals surface area contributed by atoms with Crippen LogP contribution < -0.4 is 10.6 Å². The molecule has 0 saturated carbocycles. The molecule has 1 aromatic carbocycles. The van der Waals surface area contributed by atoms with Gasteiger partial charge < -0.3 is 10.6 Å². The Labute approximate surface area is 120 Å². The number of hydrogen-bond acceptors (Lipinski definition) is 3. The van der Waals surface area contributed by atoms with Crippen LogP contribution in [0.5, 0.6) is 0 Å². The number of carbonyl (C=O) groups excluding carboxylic acids is 1. The molecule has 5 heteroatoms. The maximum atomic E-state index is 11.8. The number of nitrogens with one attached hydrogen (secondary N) is 2. The maximum Gasteiger partial charge on any atom is 0.234 e. The van der Waals surface area contributed by atoms with Gasteiger partial charge in [-0.05, 0) is 53.5 Å². The maximum absolute atomic E-state index is 11.8. The molecule has 0 aliphatic carbocycles. The molecule has 0 spiro atoms. The standard InChI is InChI=1S/C13H17BrN2OS/c1-9-2-3-12(11(14)6-9)16-13(17)8-18-10-4-5-15-7-10/h2-3,6,10,15H,4-5,7-8H2,1H3,(H,16,17). The van der Waals surface area contributed by atoms with Gasteiger partial charge in [-0.15, -0.1) is 11.8 Å². The van der Waals surface area contributed by atoms with Crippen LogP contribution in [0.1, 0.15) is 12.0 Å². The predicted octanol–water partition coefficient (Wildman–Crippen LogP) is 2.79.